The molecule has 2 nitrogen and oxygen atoms in total. The Morgan fingerprint density at radius 2 is 1.94 bits per heavy atom. The van der Waals surface area contributed by atoms with Gasteiger partial charge in [-0.1, -0.05) is 43.1 Å². The van der Waals surface area contributed by atoms with Crippen LogP contribution < -0.4 is 0 Å². The topological polar surface area (TPSA) is 25.8 Å². The average Bonchev–Trinajstić information content (AvgIpc) is 2.40. The van der Waals surface area contributed by atoms with Gasteiger partial charge in [-0.25, -0.2) is 4.98 Å². The molecule has 3 rings (SSSR count). The van der Waals surface area contributed by atoms with E-state index in [0.29, 0.717) is 5.15 Å². The van der Waals surface area contributed by atoms with Gasteiger partial charge in [0.05, 0.1) is 11.0 Å². The molecule has 0 spiro atoms. The largest absolute Gasteiger partial charge is 0.254 e. The summed E-state index contributed by atoms with van der Waals surface area (Å²) < 4.78 is 0. The highest BCUT2D eigenvalue weighted by Gasteiger charge is 2.07. The van der Waals surface area contributed by atoms with Gasteiger partial charge in [0, 0.05) is 17.0 Å². The predicted octanol–water partition coefficient (Wildman–Crippen LogP) is 4.39. The van der Waals surface area contributed by atoms with Crippen molar-refractivity contribution < 1.29 is 0 Å². The van der Waals surface area contributed by atoms with Crippen LogP contribution in [-0.4, -0.2) is 9.97 Å². The van der Waals surface area contributed by atoms with Gasteiger partial charge in [-0.2, -0.15) is 0 Å². The first-order valence-electron chi connectivity index (χ1n) is 6.12. The summed E-state index contributed by atoms with van der Waals surface area (Å²) in [5.41, 5.74) is 2.92. The van der Waals surface area contributed by atoms with Gasteiger partial charge >= 0.3 is 0 Å². The first kappa shape index (κ1) is 11.4. The fourth-order valence-corrected chi connectivity index (χ4v) is 2.47. The Balaban J connectivity index is 2.35. The highest BCUT2D eigenvalue weighted by atomic mass is 35.5. The molecule has 0 amide bonds. The maximum absolute atomic E-state index is 6.24. The third-order valence-electron chi connectivity index (χ3n) is 3.10. The lowest BCUT2D eigenvalue weighted by molar-refractivity contribution is 0.918. The van der Waals surface area contributed by atoms with Crippen molar-refractivity contribution >= 4 is 33.4 Å². The van der Waals surface area contributed by atoms with Crippen LogP contribution in [-0.2, 0) is 6.42 Å². The predicted molar refractivity (Wildman–Crippen MR) is 76.0 cm³/mol. The Bertz CT molecular complexity index is 722. The molecule has 0 N–H and O–H groups in total. The van der Waals surface area contributed by atoms with Crippen LogP contribution in [0.4, 0.5) is 0 Å². The van der Waals surface area contributed by atoms with Gasteiger partial charge in [0.1, 0.15) is 5.15 Å². The van der Waals surface area contributed by atoms with Crippen LogP contribution in [0.2, 0.25) is 5.15 Å². The van der Waals surface area contributed by atoms with E-state index in [1.54, 1.807) is 6.20 Å². The smallest absolute Gasteiger partial charge is 0.133 e. The minimum absolute atomic E-state index is 0.600. The molecule has 0 saturated carbocycles. The van der Waals surface area contributed by atoms with Crippen molar-refractivity contribution in [3.63, 3.8) is 0 Å². The van der Waals surface area contributed by atoms with Gasteiger partial charge in [0.25, 0.3) is 0 Å². The molecule has 0 aliphatic rings. The summed E-state index contributed by atoms with van der Waals surface area (Å²) in [6.07, 6.45) is 3.82. The monoisotopic (exact) mass is 256 g/mol. The van der Waals surface area contributed by atoms with E-state index >= 15 is 0 Å². The van der Waals surface area contributed by atoms with Crippen LogP contribution in [0.15, 0.2) is 36.5 Å². The zero-order chi connectivity index (χ0) is 12.5. The molecule has 0 aliphatic heterocycles. The van der Waals surface area contributed by atoms with Crippen molar-refractivity contribution in [3.8, 4) is 0 Å². The van der Waals surface area contributed by atoms with Gasteiger partial charge in [-0.15, -0.1) is 0 Å². The number of nitrogens with zero attached hydrogens (tertiary/aromatic N) is 2. The highest BCUT2D eigenvalue weighted by Crippen LogP contribution is 2.26. The summed E-state index contributed by atoms with van der Waals surface area (Å²) in [5, 5.41) is 2.80. The van der Waals surface area contributed by atoms with Crippen LogP contribution in [0, 0.1) is 0 Å². The molecule has 0 fully saturated rings. The first-order chi connectivity index (χ1) is 8.79. The van der Waals surface area contributed by atoms with E-state index in [1.165, 1.54) is 0 Å². The molecule has 90 valence electrons. The molecule has 2 heterocycles. The lowest BCUT2D eigenvalue weighted by Gasteiger charge is -2.06. The molecule has 3 aromatic rings. The van der Waals surface area contributed by atoms with Crippen molar-refractivity contribution in [3.05, 3.63) is 47.2 Å². The molecule has 0 unspecified atom stereocenters. The Labute approximate surface area is 111 Å². The van der Waals surface area contributed by atoms with Crippen molar-refractivity contribution in [1.29, 1.82) is 0 Å². The number of rotatable bonds is 2. The minimum Gasteiger partial charge on any atom is -0.254 e. The van der Waals surface area contributed by atoms with Crippen LogP contribution in [0.25, 0.3) is 21.8 Å². The van der Waals surface area contributed by atoms with E-state index in [2.05, 4.69) is 35.1 Å². The normalized spacial score (nSPS) is 11.2. The van der Waals surface area contributed by atoms with E-state index in [-0.39, 0.29) is 0 Å². The van der Waals surface area contributed by atoms with Gasteiger partial charge < -0.3 is 0 Å². The zero-order valence-corrected chi connectivity index (χ0v) is 10.9. The van der Waals surface area contributed by atoms with Crippen molar-refractivity contribution in [2.45, 2.75) is 19.8 Å². The summed E-state index contributed by atoms with van der Waals surface area (Å²) in [4.78, 5) is 8.93. The molecule has 0 aliphatic carbocycles. The quantitative estimate of drug-likeness (QED) is 0.502. The van der Waals surface area contributed by atoms with E-state index in [4.69, 9.17) is 11.6 Å². The summed E-state index contributed by atoms with van der Waals surface area (Å²) >= 11 is 6.24. The van der Waals surface area contributed by atoms with E-state index in [0.717, 1.165) is 40.2 Å². The number of benzene rings is 1. The van der Waals surface area contributed by atoms with Gasteiger partial charge in [-0.05, 0) is 24.1 Å². The van der Waals surface area contributed by atoms with Crippen molar-refractivity contribution in [2.24, 2.45) is 0 Å². The van der Waals surface area contributed by atoms with E-state index in [9.17, 15) is 0 Å². The number of aromatic nitrogens is 2. The standard InChI is InChI=1S/C15H13ClN2/c1-2-4-12-9-11-7-6-10-5-3-8-17-13(10)14(11)18-15(12)16/h3,5-9H,2,4H2,1H3. The van der Waals surface area contributed by atoms with Crippen molar-refractivity contribution in [2.75, 3.05) is 0 Å². The number of aryl methyl sites for hydroxylation is 1. The van der Waals surface area contributed by atoms with E-state index in [1.807, 2.05) is 12.1 Å². The molecule has 0 atom stereocenters. The third-order valence-corrected chi connectivity index (χ3v) is 3.43. The maximum Gasteiger partial charge on any atom is 0.133 e. The van der Waals surface area contributed by atoms with Gasteiger partial charge in [0.15, 0.2) is 0 Å². The van der Waals surface area contributed by atoms with Gasteiger partial charge in [0.2, 0.25) is 0 Å². The zero-order valence-electron chi connectivity index (χ0n) is 10.2. The summed E-state index contributed by atoms with van der Waals surface area (Å²) in [5.74, 6) is 0. The average molecular weight is 257 g/mol. The molecular weight excluding hydrogens is 244 g/mol. The summed E-state index contributed by atoms with van der Waals surface area (Å²) in [6.45, 7) is 2.14. The molecule has 1 aromatic carbocycles. The Morgan fingerprint density at radius 1 is 1.11 bits per heavy atom. The molecule has 3 heteroatoms. The maximum atomic E-state index is 6.24. The number of fused-ring (bicyclic) bond motifs is 3. The van der Waals surface area contributed by atoms with Crippen molar-refractivity contribution in [1.82, 2.24) is 9.97 Å². The third kappa shape index (κ3) is 1.83. The second-order valence-corrected chi connectivity index (χ2v) is 4.76. The lowest BCUT2D eigenvalue weighted by atomic mass is 10.1. The summed E-state index contributed by atoms with van der Waals surface area (Å²) in [7, 11) is 0. The Hall–Kier alpha value is -1.67. The Kier molecular flexibility index (Phi) is 2.88. The van der Waals surface area contributed by atoms with Crippen LogP contribution >= 0.6 is 11.6 Å². The lowest BCUT2D eigenvalue weighted by Crippen LogP contribution is -1.91. The Morgan fingerprint density at radius 3 is 2.78 bits per heavy atom. The molecule has 18 heavy (non-hydrogen) atoms. The fraction of sp³-hybridized carbons (Fsp3) is 0.200. The fourth-order valence-electron chi connectivity index (χ4n) is 2.24. The van der Waals surface area contributed by atoms with Crippen LogP contribution in [0.1, 0.15) is 18.9 Å². The number of halogens is 1. The molecule has 0 bridgehead atoms. The second kappa shape index (κ2) is 4.54. The second-order valence-electron chi connectivity index (χ2n) is 4.40. The van der Waals surface area contributed by atoms with E-state index < -0.39 is 0 Å². The molecular formula is C15H13ClN2. The minimum atomic E-state index is 0.600. The molecule has 0 radical (unpaired) electrons. The summed E-state index contributed by atoms with van der Waals surface area (Å²) in [6, 6.07) is 10.3. The van der Waals surface area contributed by atoms with Gasteiger partial charge in [-0.3, -0.25) is 4.98 Å². The molecule has 0 saturated heterocycles. The molecule has 2 aromatic heterocycles. The number of hydrogen-bond acceptors (Lipinski definition) is 2. The number of hydrogen-bond donors (Lipinski definition) is 0. The van der Waals surface area contributed by atoms with Crippen LogP contribution in [0.5, 0.6) is 0 Å². The SMILES string of the molecule is CCCc1cc2ccc3cccnc3c2nc1Cl. The first-order valence-corrected chi connectivity index (χ1v) is 6.50. The highest BCUT2D eigenvalue weighted by molar-refractivity contribution is 6.30. The van der Waals surface area contributed by atoms with Crippen LogP contribution in [0.3, 0.4) is 0 Å². The number of pyridine rings is 2.